The van der Waals surface area contributed by atoms with Gasteiger partial charge >= 0.3 is 0 Å². The molecule has 6 nitrogen and oxygen atoms in total. The lowest BCUT2D eigenvalue weighted by atomic mass is 9.93. The van der Waals surface area contributed by atoms with Crippen LogP contribution < -0.4 is 5.73 Å². The SMILES string of the molecule is CCC(N)(CC)c1noc(-c2cnn3ccccc23)n1. The van der Waals surface area contributed by atoms with Gasteiger partial charge < -0.3 is 10.3 Å². The van der Waals surface area contributed by atoms with Gasteiger partial charge in [-0.2, -0.15) is 10.1 Å². The number of hydrogen-bond donors (Lipinski definition) is 1. The summed E-state index contributed by atoms with van der Waals surface area (Å²) in [6.45, 7) is 4.05. The van der Waals surface area contributed by atoms with Gasteiger partial charge in [-0.15, -0.1) is 0 Å². The molecule has 0 aliphatic rings. The number of aromatic nitrogens is 4. The number of pyridine rings is 1. The van der Waals surface area contributed by atoms with E-state index in [0.29, 0.717) is 11.7 Å². The molecule has 3 aromatic heterocycles. The Balaban J connectivity index is 2.06. The van der Waals surface area contributed by atoms with Crippen LogP contribution in [-0.2, 0) is 5.54 Å². The quantitative estimate of drug-likeness (QED) is 0.787. The number of nitrogens with two attached hydrogens (primary N) is 1. The summed E-state index contributed by atoms with van der Waals surface area (Å²) in [7, 11) is 0. The molecule has 3 rings (SSSR count). The van der Waals surface area contributed by atoms with Gasteiger partial charge in [0, 0.05) is 6.20 Å². The average Bonchev–Trinajstić information content (AvgIpc) is 3.12. The van der Waals surface area contributed by atoms with Crippen LogP contribution in [-0.4, -0.2) is 19.8 Å². The molecular weight excluding hydrogens is 254 g/mol. The van der Waals surface area contributed by atoms with Gasteiger partial charge in [0.1, 0.15) is 0 Å². The van der Waals surface area contributed by atoms with Gasteiger partial charge in [0.25, 0.3) is 5.89 Å². The summed E-state index contributed by atoms with van der Waals surface area (Å²) in [6.07, 6.45) is 5.12. The summed E-state index contributed by atoms with van der Waals surface area (Å²) in [5.41, 5.74) is 7.50. The van der Waals surface area contributed by atoms with E-state index in [2.05, 4.69) is 15.2 Å². The van der Waals surface area contributed by atoms with E-state index in [1.165, 1.54) is 0 Å². The molecule has 0 saturated carbocycles. The van der Waals surface area contributed by atoms with Gasteiger partial charge in [0.05, 0.1) is 22.8 Å². The molecular formula is C14H17N5O. The highest BCUT2D eigenvalue weighted by atomic mass is 16.5. The molecule has 0 aliphatic carbocycles. The van der Waals surface area contributed by atoms with Crippen molar-refractivity contribution in [2.75, 3.05) is 0 Å². The molecule has 20 heavy (non-hydrogen) atoms. The zero-order chi connectivity index (χ0) is 14.2. The van der Waals surface area contributed by atoms with E-state index in [4.69, 9.17) is 10.3 Å². The fourth-order valence-electron chi connectivity index (χ4n) is 2.20. The maximum absolute atomic E-state index is 6.29. The highest BCUT2D eigenvalue weighted by molar-refractivity contribution is 5.74. The minimum atomic E-state index is -0.537. The Hall–Kier alpha value is -2.21. The predicted molar refractivity (Wildman–Crippen MR) is 74.9 cm³/mol. The highest BCUT2D eigenvalue weighted by Gasteiger charge is 2.29. The summed E-state index contributed by atoms with van der Waals surface area (Å²) in [5, 5.41) is 8.31. The first-order valence-corrected chi connectivity index (χ1v) is 6.73. The second-order valence-electron chi connectivity index (χ2n) is 4.88. The summed E-state index contributed by atoms with van der Waals surface area (Å²) in [5.74, 6) is 1.01. The number of hydrogen-bond acceptors (Lipinski definition) is 5. The van der Waals surface area contributed by atoms with Crippen molar-refractivity contribution in [3.63, 3.8) is 0 Å². The second-order valence-corrected chi connectivity index (χ2v) is 4.88. The third kappa shape index (κ3) is 1.89. The van der Waals surface area contributed by atoms with Crippen LogP contribution in [0.4, 0.5) is 0 Å². The number of fused-ring (bicyclic) bond motifs is 1. The van der Waals surface area contributed by atoms with Crippen molar-refractivity contribution in [3.8, 4) is 11.5 Å². The van der Waals surface area contributed by atoms with Crippen molar-refractivity contribution in [1.29, 1.82) is 0 Å². The third-order valence-electron chi connectivity index (χ3n) is 3.79. The first-order valence-electron chi connectivity index (χ1n) is 6.73. The fourth-order valence-corrected chi connectivity index (χ4v) is 2.20. The lowest BCUT2D eigenvalue weighted by Crippen LogP contribution is -2.36. The monoisotopic (exact) mass is 271 g/mol. The van der Waals surface area contributed by atoms with Crippen molar-refractivity contribution in [2.45, 2.75) is 32.2 Å². The van der Waals surface area contributed by atoms with Crippen molar-refractivity contribution >= 4 is 5.52 Å². The largest absolute Gasteiger partial charge is 0.334 e. The summed E-state index contributed by atoms with van der Waals surface area (Å²) in [4.78, 5) is 4.46. The van der Waals surface area contributed by atoms with E-state index >= 15 is 0 Å². The topological polar surface area (TPSA) is 82.2 Å². The Kier molecular flexibility index (Phi) is 3.02. The van der Waals surface area contributed by atoms with Crippen LogP contribution >= 0.6 is 0 Å². The molecule has 3 heterocycles. The first-order chi connectivity index (χ1) is 9.68. The fraction of sp³-hybridized carbons (Fsp3) is 0.357. The normalized spacial score (nSPS) is 12.2. The second kappa shape index (κ2) is 4.72. The number of rotatable bonds is 4. The van der Waals surface area contributed by atoms with Crippen molar-refractivity contribution in [2.24, 2.45) is 5.73 Å². The van der Waals surface area contributed by atoms with Crippen LogP contribution in [0.1, 0.15) is 32.5 Å². The Bertz CT molecular complexity index is 726. The van der Waals surface area contributed by atoms with Gasteiger partial charge in [-0.3, -0.25) is 0 Å². The molecule has 0 unspecified atom stereocenters. The maximum atomic E-state index is 6.29. The molecule has 0 saturated heterocycles. The van der Waals surface area contributed by atoms with Crippen LogP contribution in [0.2, 0.25) is 0 Å². The summed E-state index contributed by atoms with van der Waals surface area (Å²) >= 11 is 0. The zero-order valence-electron chi connectivity index (χ0n) is 11.6. The molecule has 0 spiro atoms. The minimum Gasteiger partial charge on any atom is -0.334 e. The van der Waals surface area contributed by atoms with Crippen LogP contribution in [0.25, 0.3) is 17.0 Å². The molecule has 3 aromatic rings. The van der Waals surface area contributed by atoms with Crippen LogP contribution in [0.15, 0.2) is 35.1 Å². The van der Waals surface area contributed by atoms with Gasteiger partial charge in [-0.05, 0) is 25.0 Å². The molecule has 0 aliphatic heterocycles. The van der Waals surface area contributed by atoms with Crippen molar-refractivity contribution in [1.82, 2.24) is 19.8 Å². The Morgan fingerprint density at radius 2 is 2.10 bits per heavy atom. The molecule has 0 aromatic carbocycles. The van der Waals surface area contributed by atoms with E-state index in [9.17, 15) is 0 Å². The molecule has 0 bridgehead atoms. The molecule has 0 radical (unpaired) electrons. The van der Waals surface area contributed by atoms with Gasteiger partial charge in [-0.25, -0.2) is 4.52 Å². The van der Waals surface area contributed by atoms with Crippen molar-refractivity contribution < 1.29 is 4.52 Å². The minimum absolute atomic E-state index is 0.456. The van der Waals surface area contributed by atoms with E-state index in [0.717, 1.165) is 23.9 Å². The Labute approximate surface area is 116 Å². The zero-order valence-corrected chi connectivity index (χ0v) is 11.6. The number of nitrogens with zero attached hydrogens (tertiary/aromatic N) is 4. The van der Waals surface area contributed by atoms with E-state index in [-0.39, 0.29) is 0 Å². The maximum Gasteiger partial charge on any atom is 0.261 e. The molecule has 0 fully saturated rings. The van der Waals surface area contributed by atoms with Gasteiger partial charge in [-0.1, -0.05) is 25.1 Å². The lowest BCUT2D eigenvalue weighted by Gasteiger charge is -2.21. The predicted octanol–water partition coefficient (Wildman–Crippen LogP) is 2.36. The Morgan fingerprint density at radius 3 is 2.85 bits per heavy atom. The van der Waals surface area contributed by atoms with E-state index < -0.39 is 5.54 Å². The van der Waals surface area contributed by atoms with Gasteiger partial charge in [0.15, 0.2) is 5.82 Å². The van der Waals surface area contributed by atoms with E-state index in [1.54, 1.807) is 10.7 Å². The Morgan fingerprint density at radius 1 is 1.30 bits per heavy atom. The first kappa shape index (κ1) is 12.8. The third-order valence-corrected chi connectivity index (χ3v) is 3.79. The highest BCUT2D eigenvalue weighted by Crippen LogP contribution is 2.27. The standard InChI is InChI=1S/C14H17N5O/c1-3-14(15,4-2)13-17-12(20-18-13)10-9-16-19-8-6-5-7-11(10)19/h5-9H,3-4,15H2,1-2H3. The molecule has 104 valence electrons. The molecule has 0 atom stereocenters. The van der Waals surface area contributed by atoms with Crippen molar-refractivity contribution in [3.05, 3.63) is 36.4 Å². The molecule has 6 heteroatoms. The molecule has 2 N–H and O–H groups in total. The van der Waals surface area contributed by atoms with E-state index in [1.807, 2.05) is 38.2 Å². The summed E-state index contributed by atoms with van der Waals surface area (Å²) in [6, 6.07) is 5.83. The summed E-state index contributed by atoms with van der Waals surface area (Å²) < 4.78 is 7.14. The van der Waals surface area contributed by atoms with Crippen LogP contribution in [0.5, 0.6) is 0 Å². The molecule has 0 amide bonds. The lowest BCUT2D eigenvalue weighted by molar-refractivity contribution is 0.350. The van der Waals surface area contributed by atoms with Crippen LogP contribution in [0.3, 0.4) is 0 Å². The van der Waals surface area contributed by atoms with Crippen LogP contribution in [0, 0.1) is 0 Å². The smallest absolute Gasteiger partial charge is 0.261 e. The average molecular weight is 271 g/mol. The van der Waals surface area contributed by atoms with Gasteiger partial charge in [0.2, 0.25) is 0 Å².